The zero-order valence-electron chi connectivity index (χ0n) is 16.7. The number of guanidine groups is 1. The van der Waals surface area contributed by atoms with E-state index in [2.05, 4.69) is 20.9 Å². The Labute approximate surface area is 184 Å². The van der Waals surface area contributed by atoms with Gasteiger partial charge in [-0.3, -0.25) is 4.99 Å². The predicted molar refractivity (Wildman–Crippen MR) is 119 cm³/mol. The smallest absolute Gasteiger partial charge is 0.407 e. The highest BCUT2D eigenvalue weighted by atomic mass is 127. The molecule has 0 radical (unpaired) electrons. The first-order valence-electron chi connectivity index (χ1n) is 9.78. The van der Waals surface area contributed by atoms with Crippen molar-refractivity contribution in [1.29, 1.82) is 0 Å². The lowest BCUT2D eigenvalue weighted by Crippen LogP contribution is -2.42. The molecule has 0 aromatic carbocycles. The van der Waals surface area contributed by atoms with Crippen molar-refractivity contribution in [3.05, 3.63) is 24.2 Å². The van der Waals surface area contributed by atoms with Crippen molar-refractivity contribution < 1.29 is 18.7 Å². The highest BCUT2D eigenvalue weighted by molar-refractivity contribution is 14.0. The highest BCUT2D eigenvalue weighted by Gasteiger charge is 2.32. The maximum atomic E-state index is 11.7. The van der Waals surface area contributed by atoms with E-state index in [1.165, 1.54) is 0 Å². The Morgan fingerprint density at radius 1 is 1.36 bits per heavy atom. The van der Waals surface area contributed by atoms with Crippen LogP contribution in [0, 0.1) is 5.92 Å². The van der Waals surface area contributed by atoms with Crippen LogP contribution in [0.5, 0.6) is 0 Å². The van der Waals surface area contributed by atoms with Crippen molar-refractivity contribution in [1.82, 2.24) is 16.0 Å². The number of carbonyl (C=O) groups excluding carboxylic acids is 1. The van der Waals surface area contributed by atoms with Crippen molar-refractivity contribution >= 4 is 36.0 Å². The van der Waals surface area contributed by atoms with Crippen LogP contribution in [0.2, 0.25) is 0 Å². The number of carbonyl (C=O) groups is 1. The largest absolute Gasteiger partial charge is 0.467 e. The van der Waals surface area contributed by atoms with Crippen LogP contribution in [0.3, 0.4) is 0 Å². The molecule has 3 N–H and O–H groups in total. The van der Waals surface area contributed by atoms with Crippen LogP contribution < -0.4 is 16.0 Å². The van der Waals surface area contributed by atoms with E-state index in [0.717, 1.165) is 44.1 Å². The summed E-state index contributed by atoms with van der Waals surface area (Å²) in [5.74, 6) is 2.08. The molecule has 8 nitrogen and oxygen atoms in total. The zero-order valence-corrected chi connectivity index (χ0v) is 19.1. The van der Waals surface area contributed by atoms with Gasteiger partial charge in [0, 0.05) is 19.7 Å². The van der Waals surface area contributed by atoms with Crippen LogP contribution in [0.25, 0.3) is 0 Å². The maximum absolute atomic E-state index is 11.7. The molecule has 0 bridgehead atoms. The minimum absolute atomic E-state index is 0. The van der Waals surface area contributed by atoms with E-state index in [4.69, 9.17) is 13.9 Å². The fourth-order valence-electron chi connectivity index (χ4n) is 2.62. The quantitative estimate of drug-likeness (QED) is 0.174. The molecule has 1 heterocycles. The minimum atomic E-state index is -0.365. The summed E-state index contributed by atoms with van der Waals surface area (Å²) in [6.45, 7) is 7.40. The lowest BCUT2D eigenvalue weighted by atomic mass is 10.2. The summed E-state index contributed by atoms with van der Waals surface area (Å²) in [5.41, 5.74) is 0. The average Bonchev–Trinajstić information content (AvgIpc) is 3.37. The van der Waals surface area contributed by atoms with Crippen LogP contribution >= 0.6 is 24.0 Å². The van der Waals surface area contributed by atoms with Crippen LogP contribution in [0.1, 0.15) is 38.9 Å². The first-order chi connectivity index (χ1) is 13.2. The summed E-state index contributed by atoms with van der Waals surface area (Å²) < 4.78 is 15.8. The van der Waals surface area contributed by atoms with E-state index in [-0.39, 0.29) is 36.1 Å². The molecule has 2 rings (SSSR count). The van der Waals surface area contributed by atoms with Gasteiger partial charge in [0.2, 0.25) is 0 Å². The average molecular weight is 508 g/mol. The van der Waals surface area contributed by atoms with Crippen molar-refractivity contribution in [3.63, 3.8) is 0 Å². The van der Waals surface area contributed by atoms with Gasteiger partial charge in [-0.05, 0) is 51.2 Å². The molecule has 0 aliphatic heterocycles. The van der Waals surface area contributed by atoms with Gasteiger partial charge in [-0.2, -0.15) is 0 Å². The molecule has 0 saturated heterocycles. The Kier molecular flexibility index (Phi) is 12.7. The molecular formula is C19H33IN4O4. The molecule has 1 aliphatic rings. The second kappa shape index (κ2) is 14.5. The van der Waals surface area contributed by atoms with Gasteiger partial charge in [0.05, 0.1) is 25.5 Å². The van der Waals surface area contributed by atoms with Crippen molar-refractivity contribution in [2.45, 2.75) is 45.8 Å². The van der Waals surface area contributed by atoms with E-state index in [0.29, 0.717) is 32.3 Å². The van der Waals surface area contributed by atoms with Crippen molar-refractivity contribution in [2.24, 2.45) is 10.9 Å². The maximum Gasteiger partial charge on any atom is 0.407 e. The number of aliphatic imine (C=N–C) groups is 1. The first-order valence-corrected chi connectivity index (χ1v) is 9.78. The summed E-state index contributed by atoms with van der Waals surface area (Å²) in [5, 5.41) is 9.45. The molecule has 1 saturated carbocycles. The van der Waals surface area contributed by atoms with Gasteiger partial charge in [0.15, 0.2) is 5.96 Å². The number of halogens is 1. The van der Waals surface area contributed by atoms with E-state index in [9.17, 15) is 4.79 Å². The molecule has 1 fully saturated rings. The molecule has 28 heavy (non-hydrogen) atoms. The Balaban J connectivity index is 0.00000392. The van der Waals surface area contributed by atoms with E-state index in [1.807, 2.05) is 19.1 Å². The van der Waals surface area contributed by atoms with E-state index in [1.54, 1.807) is 13.2 Å². The standard InChI is InChI=1S/C19H32N4O4.HI/c1-3-20-18(21-10-6-11-25-14-16-7-5-12-27-16)22-13-17(15-8-9-15)23-19(24)26-4-2;/h5,7,12,15,17H,3-4,6,8-11,13-14H2,1-2H3,(H,23,24)(H2,20,21,22);1H. The zero-order chi connectivity index (χ0) is 19.3. The number of hydrogen-bond acceptors (Lipinski definition) is 5. The molecular weight excluding hydrogens is 475 g/mol. The van der Waals surface area contributed by atoms with E-state index >= 15 is 0 Å². The van der Waals surface area contributed by atoms with Gasteiger partial charge in [0.1, 0.15) is 12.4 Å². The first kappa shape index (κ1) is 24.5. The van der Waals surface area contributed by atoms with Gasteiger partial charge >= 0.3 is 6.09 Å². The molecule has 0 spiro atoms. The van der Waals surface area contributed by atoms with Gasteiger partial charge in [-0.15, -0.1) is 24.0 Å². The topological polar surface area (TPSA) is 97.1 Å². The molecule has 1 aromatic heterocycles. The van der Waals surface area contributed by atoms with Gasteiger partial charge in [-0.25, -0.2) is 4.79 Å². The Hall–Kier alpha value is -1.49. The van der Waals surface area contributed by atoms with Crippen LogP contribution in [0.15, 0.2) is 27.8 Å². The number of hydrogen-bond donors (Lipinski definition) is 3. The molecule has 1 amide bonds. The highest BCUT2D eigenvalue weighted by Crippen LogP contribution is 2.32. The molecule has 1 unspecified atom stereocenters. The second-order valence-corrected chi connectivity index (χ2v) is 6.44. The Morgan fingerprint density at radius 3 is 2.82 bits per heavy atom. The summed E-state index contributed by atoms with van der Waals surface area (Å²) >= 11 is 0. The summed E-state index contributed by atoms with van der Waals surface area (Å²) in [4.78, 5) is 16.3. The van der Waals surface area contributed by atoms with E-state index < -0.39 is 0 Å². The third kappa shape index (κ3) is 10.2. The Bertz CT molecular complexity index is 564. The minimum Gasteiger partial charge on any atom is -0.467 e. The van der Waals surface area contributed by atoms with Crippen molar-refractivity contribution in [3.8, 4) is 0 Å². The number of amides is 1. The number of alkyl carbamates (subject to hydrolysis) is 1. The Morgan fingerprint density at radius 2 is 2.18 bits per heavy atom. The third-order valence-corrected chi connectivity index (χ3v) is 4.14. The SMILES string of the molecule is CCNC(=NCC(NC(=O)OCC)C1CC1)NCCCOCc1ccco1.I. The van der Waals surface area contributed by atoms with Crippen molar-refractivity contribution in [2.75, 3.05) is 32.8 Å². The fourth-order valence-corrected chi connectivity index (χ4v) is 2.62. The number of rotatable bonds is 12. The predicted octanol–water partition coefficient (Wildman–Crippen LogP) is 2.88. The third-order valence-electron chi connectivity index (χ3n) is 4.14. The molecule has 1 aliphatic carbocycles. The van der Waals surface area contributed by atoms with Crippen LogP contribution in [-0.4, -0.2) is 50.9 Å². The van der Waals surface area contributed by atoms with Gasteiger partial charge in [0.25, 0.3) is 0 Å². The monoisotopic (exact) mass is 508 g/mol. The summed E-state index contributed by atoms with van der Waals surface area (Å²) in [6, 6.07) is 3.77. The molecule has 1 aromatic rings. The second-order valence-electron chi connectivity index (χ2n) is 6.44. The fraction of sp³-hybridized carbons (Fsp3) is 0.684. The van der Waals surface area contributed by atoms with Crippen LogP contribution in [0.4, 0.5) is 4.79 Å². The number of furan rings is 1. The molecule has 160 valence electrons. The number of nitrogens with one attached hydrogen (secondary N) is 3. The summed E-state index contributed by atoms with van der Waals surface area (Å²) in [7, 11) is 0. The lowest BCUT2D eigenvalue weighted by Gasteiger charge is -2.17. The lowest BCUT2D eigenvalue weighted by molar-refractivity contribution is 0.105. The number of ether oxygens (including phenoxy) is 2. The summed E-state index contributed by atoms with van der Waals surface area (Å²) in [6.07, 6.45) is 4.40. The molecule has 9 heteroatoms. The number of nitrogens with zero attached hydrogens (tertiary/aromatic N) is 1. The normalized spacial score (nSPS) is 14.7. The van der Waals surface area contributed by atoms with Crippen LogP contribution in [-0.2, 0) is 16.1 Å². The van der Waals surface area contributed by atoms with Gasteiger partial charge < -0.3 is 29.8 Å². The molecule has 1 atom stereocenters. The van der Waals surface area contributed by atoms with Gasteiger partial charge in [-0.1, -0.05) is 0 Å².